The van der Waals surface area contributed by atoms with Gasteiger partial charge in [0.25, 0.3) is 0 Å². The van der Waals surface area contributed by atoms with Crippen LogP contribution in [0.15, 0.2) is 48.5 Å². The number of fused-ring (bicyclic) bond motifs is 1. The molecule has 96 valence electrons. The van der Waals surface area contributed by atoms with Crippen LogP contribution in [0.4, 0.5) is 0 Å². The van der Waals surface area contributed by atoms with E-state index in [1.54, 1.807) is 18.4 Å². The van der Waals surface area contributed by atoms with Gasteiger partial charge in [0.1, 0.15) is 11.5 Å². The molecule has 0 saturated carbocycles. The first-order valence-corrected chi connectivity index (χ1v) is 6.92. The van der Waals surface area contributed by atoms with Crippen LogP contribution in [0.1, 0.15) is 10.4 Å². The van der Waals surface area contributed by atoms with Crippen molar-refractivity contribution >= 4 is 21.4 Å². The number of hydrogen-bond donors (Lipinski definition) is 1. The van der Waals surface area contributed by atoms with E-state index >= 15 is 0 Å². The smallest absolute Gasteiger partial charge is 0.137 e. The average molecular weight is 270 g/mol. The molecule has 3 rings (SSSR count). The highest BCUT2D eigenvalue weighted by atomic mass is 32.1. The summed E-state index contributed by atoms with van der Waals surface area (Å²) in [5.74, 6) is 1.26. The Morgan fingerprint density at radius 3 is 2.47 bits per heavy atom. The van der Waals surface area contributed by atoms with E-state index in [1.807, 2.05) is 48.5 Å². The topological polar surface area (TPSA) is 29.5 Å². The first-order chi connectivity index (χ1) is 9.28. The van der Waals surface area contributed by atoms with E-state index in [0.29, 0.717) is 5.75 Å². The molecule has 0 bridgehead atoms. The van der Waals surface area contributed by atoms with E-state index in [2.05, 4.69) is 0 Å². The summed E-state index contributed by atoms with van der Waals surface area (Å²) < 4.78 is 6.27. The minimum Gasteiger partial charge on any atom is -0.506 e. The summed E-state index contributed by atoms with van der Waals surface area (Å²) in [5.41, 5.74) is 1.17. The lowest BCUT2D eigenvalue weighted by Gasteiger charge is -2.02. The molecule has 2 nitrogen and oxygen atoms in total. The standard InChI is InChI=1S/C16H14O2S/c1-18-12-8-6-11(7-9-12)10-15-16(17)13-4-2-3-5-14(13)19-15/h2-9,17H,10H2,1H3. The van der Waals surface area contributed by atoms with Gasteiger partial charge in [-0.25, -0.2) is 0 Å². The first kappa shape index (κ1) is 12.1. The predicted octanol–water partition coefficient (Wildman–Crippen LogP) is 4.21. The number of ether oxygens (including phenoxy) is 1. The van der Waals surface area contributed by atoms with Crippen LogP contribution >= 0.6 is 11.3 Å². The second-order valence-corrected chi connectivity index (χ2v) is 5.53. The lowest BCUT2D eigenvalue weighted by Crippen LogP contribution is -1.86. The third kappa shape index (κ3) is 2.29. The molecule has 3 aromatic rings. The average Bonchev–Trinajstić information content (AvgIpc) is 2.77. The lowest BCUT2D eigenvalue weighted by molar-refractivity contribution is 0.414. The van der Waals surface area contributed by atoms with Crippen molar-refractivity contribution < 1.29 is 9.84 Å². The Morgan fingerprint density at radius 2 is 1.79 bits per heavy atom. The molecule has 0 atom stereocenters. The molecule has 3 heteroatoms. The largest absolute Gasteiger partial charge is 0.506 e. The van der Waals surface area contributed by atoms with Gasteiger partial charge in [0.2, 0.25) is 0 Å². The van der Waals surface area contributed by atoms with Crippen molar-refractivity contribution in [3.63, 3.8) is 0 Å². The fraction of sp³-hybridized carbons (Fsp3) is 0.125. The molecule has 0 spiro atoms. The van der Waals surface area contributed by atoms with Gasteiger partial charge in [-0.1, -0.05) is 24.3 Å². The summed E-state index contributed by atoms with van der Waals surface area (Å²) in [4.78, 5) is 1.01. The molecule has 1 aromatic heterocycles. The maximum atomic E-state index is 10.2. The number of methoxy groups -OCH3 is 1. The summed E-state index contributed by atoms with van der Waals surface area (Å²) in [6, 6.07) is 15.9. The summed E-state index contributed by atoms with van der Waals surface area (Å²) in [5, 5.41) is 11.2. The van der Waals surface area contributed by atoms with Gasteiger partial charge < -0.3 is 9.84 Å². The Kier molecular flexibility index (Phi) is 3.13. The molecule has 0 aliphatic rings. The second-order valence-electron chi connectivity index (χ2n) is 4.39. The van der Waals surface area contributed by atoms with Crippen molar-refractivity contribution in [1.82, 2.24) is 0 Å². The monoisotopic (exact) mass is 270 g/mol. The molecule has 1 heterocycles. The van der Waals surface area contributed by atoms with E-state index in [0.717, 1.165) is 27.1 Å². The van der Waals surface area contributed by atoms with Gasteiger partial charge in [0, 0.05) is 16.5 Å². The minimum atomic E-state index is 0.413. The number of thiophene rings is 1. The maximum Gasteiger partial charge on any atom is 0.137 e. The highest BCUT2D eigenvalue weighted by Gasteiger charge is 2.10. The zero-order chi connectivity index (χ0) is 13.2. The third-order valence-corrected chi connectivity index (χ3v) is 4.32. The second kappa shape index (κ2) is 4.94. The van der Waals surface area contributed by atoms with Gasteiger partial charge in [0.05, 0.1) is 12.0 Å². The zero-order valence-electron chi connectivity index (χ0n) is 10.6. The summed E-state index contributed by atoms with van der Waals surface area (Å²) >= 11 is 1.65. The molecular weight excluding hydrogens is 256 g/mol. The molecule has 0 radical (unpaired) electrons. The van der Waals surface area contributed by atoms with Crippen molar-refractivity contribution in [2.24, 2.45) is 0 Å². The summed E-state index contributed by atoms with van der Waals surface area (Å²) in [6.45, 7) is 0. The lowest BCUT2D eigenvalue weighted by atomic mass is 10.1. The molecule has 0 unspecified atom stereocenters. The zero-order valence-corrected chi connectivity index (χ0v) is 11.4. The van der Waals surface area contributed by atoms with Gasteiger partial charge >= 0.3 is 0 Å². The molecule has 2 aromatic carbocycles. The number of benzene rings is 2. The molecule has 0 amide bonds. The summed E-state index contributed by atoms with van der Waals surface area (Å²) in [6.07, 6.45) is 0.745. The van der Waals surface area contributed by atoms with Crippen molar-refractivity contribution in [3.8, 4) is 11.5 Å². The quantitative estimate of drug-likeness (QED) is 0.772. The molecule has 0 aliphatic heterocycles. The van der Waals surface area contributed by atoms with Crippen molar-refractivity contribution in [2.75, 3.05) is 7.11 Å². The molecule has 0 aliphatic carbocycles. The fourth-order valence-corrected chi connectivity index (χ4v) is 3.26. The van der Waals surface area contributed by atoms with Crippen LogP contribution in [0, 0.1) is 0 Å². The predicted molar refractivity (Wildman–Crippen MR) is 79.3 cm³/mol. The fourth-order valence-electron chi connectivity index (χ4n) is 2.13. The van der Waals surface area contributed by atoms with Crippen LogP contribution in [0.2, 0.25) is 0 Å². The molecule has 0 saturated heterocycles. The number of hydrogen-bond acceptors (Lipinski definition) is 3. The number of rotatable bonds is 3. The van der Waals surface area contributed by atoms with E-state index in [9.17, 15) is 5.11 Å². The van der Waals surface area contributed by atoms with Crippen LogP contribution in [0.5, 0.6) is 11.5 Å². The number of aromatic hydroxyl groups is 1. The SMILES string of the molecule is COc1ccc(Cc2sc3ccccc3c2O)cc1. The maximum absolute atomic E-state index is 10.2. The van der Waals surface area contributed by atoms with Gasteiger partial charge in [-0.15, -0.1) is 11.3 Å². The van der Waals surface area contributed by atoms with Gasteiger partial charge in [0.15, 0.2) is 0 Å². The van der Waals surface area contributed by atoms with Crippen LogP contribution in [-0.4, -0.2) is 12.2 Å². The Bertz CT molecular complexity index is 698. The normalized spacial score (nSPS) is 10.8. The Balaban J connectivity index is 1.94. The molecule has 19 heavy (non-hydrogen) atoms. The third-order valence-electron chi connectivity index (χ3n) is 3.16. The van der Waals surface area contributed by atoms with E-state index in [4.69, 9.17) is 4.74 Å². The molecule has 0 fully saturated rings. The minimum absolute atomic E-state index is 0.413. The molecular formula is C16H14O2S. The van der Waals surface area contributed by atoms with E-state index in [1.165, 1.54) is 5.56 Å². The summed E-state index contributed by atoms with van der Waals surface area (Å²) in [7, 11) is 1.66. The van der Waals surface area contributed by atoms with Gasteiger partial charge in [-0.2, -0.15) is 0 Å². The first-order valence-electron chi connectivity index (χ1n) is 6.10. The van der Waals surface area contributed by atoms with Crippen LogP contribution in [0.25, 0.3) is 10.1 Å². The van der Waals surface area contributed by atoms with Crippen molar-refractivity contribution in [3.05, 3.63) is 59.0 Å². The van der Waals surface area contributed by atoms with Gasteiger partial charge in [-0.05, 0) is 29.8 Å². The van der Waals surface area contributed by atoms with Crippen LogP contribution in [-0.2, 0) is 6.42 Å². The Labute approximate surface area is 115 Å². The van der Waals surface area contributed by atoms with Crippen molar-refractivity contribution in [2.45, 2.75) is 6.42 Å². The highest BCUT2D eigenvalue weighted by Crippen LogP contribution is 2.37. The van der Waals surface area contributed by atoms with Gasteiger partial charge in [-0.3, -0.25) is 0 Å². The van der Waals surface area contributed by atoms with Crippen molar-refractivity contribution in [1.29, 1.82) is 0 Å². The van der Waals surface area contributed by atoms with E-state index in [-0.39, 0.29) is 0 Å². The Morgan fingerprint density at radius 1 is 1.05 bits per heavy atom. The van der Waals surface area contributed by atoms with E-state index < -0.39 is 0 Å². The Hall–Kier alpha value is -2.00. The molecule has 1 N–H and O–H groups in total. The van der Waals surface area contributed by atoms with Crippen LogP contribution < -0.4 is 4.74 Å². The van der Waals surface area contributed by atoms with Crippen LogP contribution in [0.3, 0.4) is 0 Å². The highest BCUT2D eigenvalue weighted by molar-refractivity contribution is 7.19.